The second kappa shape index (κ2) is 6.83. The maximum Gasteiger partial charge on any atom is 0.119 e. The van der Waals surface area contributed by atoms with Crippen molar-refractivity contribution in [2.75, 3.05) is 13.2 Å². The molecule has 116 valence electrons. The third-order valence-corrected chi connectivity index (χ3v) is 5.36. The van der Waals surface area contributed by atoms with Crippen molar-refractivity contribution in [1.29, 1.82) is 0 Å². The summed E-state index contributed by atoms with van der Waals surface area (Å²) >= 11 is 0. The highest BCUT2D eigenvalue weighted by atomic mass is 16.5. The number of benzene rings is 1. The summed E-state index contributed by atoms with van der Waals surface area (Å²) in [5, 5.41) is 3.83. The molecule has 2 aliphatic carbocycles. The van der Waals surface area contributed by atoms with E-state index in [1.165, 1.54) is 37.7 Å². The van der Waals surface area contributed by atoms with Crippen molar-refractivity contribution in [2.24, 2.45) is 17.8 Å². The van der Waals surface area contributed by atoms with E-state index in [1.807, 2.05) is 0 Å². The standard InChI is InChI=1S/C19H29NO/c1-3-10-20-19(18-12-14-8-9-15(18)11-14)16-6-5-7-17(13-16)21-4-2/h5-7,13-15,18-20H,3-4,8-12H2,1-2H3. The van der Waals surface area contributed by atoms with Gasteiger partial charge in [0.15, 0.2) is 0 Å². The Labute approximate surface area is 129 Å². The minimum absolute atomic E-state index is 0.514. The van der Waals surface area contributed by atoms with Gasteiger partial charge in [0.1, 0.15) is 5.75 Å². The third-order valence-electron chi connectivity index (χ3n) is 5.36. The van der Waals surface area contributed by atoms with Crippen LogP contribution in [0.3, 0.4) is 0 Å². The van der Waals surface area contributed by atoms with Crippen LogP contribution in [-0.2, 0) is 0 Å². The molecule has 21 heavy (non-hydrogen) atoms. The quantitative estimate of drug-likeness (QED) is 0.793. The van der Waals surface area contributed by atoms with Gasteiger partial charge in [-0.2, -0.15) is 0 Å². The number of hydrogen-bond donors (Lipinski definition) is 1. The van der Waals surface area contributed by atoms with Crippen LogP contribution in [0.5, 0.6) is 5.75 Å². The van der Waals surface area contributed by atoms with Gasteiger partial charge in [0, 0.05) is 6.04 Å². The van der Waals surface area contributed by atoms with Crippen molar-refractivity contribution in [3.63, 3.8) is 0 Å². The van der Waals surface area contributed by atoms with Crippen LogP contribution in [0.25, 0.3) is 0 Å². The van der Waals surface area contributed by atoms with E-state index >= 15 is 0 Å². The van der Waals surface area contributed by atoms with Gasteiger partial charge >= 0.3 is 0 Å². The predicted molar refractivity (Wildman–Crippen MR) is 87.6 cm³/mol. The zero-order valence-corrected chi connectivity index (χ0v) is 13.5. The third kappa shape index (κ3) is 3.26. The number of ether oxygens (including phenoxy) is 1. The highest BCUT2D eigenvalue weighted by molar-refractivity contribution is 5.31. The summed E-state index contributed by atoms with van der Waals surface area (Å²) in [5.74, 6) is 3.79. The van der Waals surface area contributed by atoms with Crippen molar-refractivity contribution in [3.8, 4) is 5.75 Å². The van der Waals surface area contributed by atoms with Crippen molar-refractivity contribution >= 4 is 0 Å². The molecular formula is C19H29NO. The zero-order valence-electron chi connectivity index (χ0n) is 13.5. The molecule has 0 radical (unpaired) electrons. The molecular weight excluding hydrogens is 258 g/mol. The summed E-state index contributed by atoms with van der Waals surface area (Å²) < 4.78 is 5.70. The van der Waals surface area contributed by atoms with E-state index in [2.05, 4.69) is 43.4 Å². The van der Waals surface area contributed by atoms with Crippen LogP contribution in [0.1, 0.15) is 57.6 Å². The van der Waals surface area contributed by atoms with Crippen LogP contribution in [0.4, 0.5) is 0 Å². The van der Waals surface area contributed by atoms with Crippen LogP contribution < -0.4 is 10.1 Å². The van der Waals surface area contributed by atoms with Gasteiger partial charge < -0.3 is 10.1 Å². The Hall–Kier alpha value is -1.02. The molecule has 1 aromatic carbocycles. The van der Waals surface area contributed by atoms with Crippen molar-refractivity contribution < 1.29 is 4.74 Å². The van der Waals surface area contributed by atoms with Crippen molar-refractivity contribution in [3.05, 3.63) is 29.8 Å². The number of hydrogen-bond acceptors (Lipinski definition) is 2. The van der Waals surface area contributed by atoms with E-state index in [0.717, 1.165) is 36.7 Å². The van der Waals surface area contributed by atoms with E-state index in [9.17, 15) is 0 Å². The first-order valence-corrected chi connectivity index (χ1v) is 8.78. The lowest BCUT2D eigenvalue weighted by Gasteiger charge is -2.32. The van der Waals surface area contributed by atoms with E-state index < -0.39 is 0 Å². The molecule has 1 N–H and O–H groups in total. The molecule has 2 bridgehead atoms. The van der Waals surface area contributed by atoms with Gasteiger partial charge in [0.25, 0.3) is 0 Å². The smallest absolute Gasteiger partial charge is 0.119 e. The van der Waals surface area contributed by atoms with Gasteiger partial charge in [-0.3, -0.25) is 0 Å². The Balaban J connectivity index is 1.79. The molecule has 2 aliphatic rings. The molecule has 4 atom stereocenters. The average molecular weight is 287 g/mol. The minimum atomic E-state index is 0.514. The van der Waals surface area contributed by atoms with Gasteiger partial charge in [-0.1, -0.05) is 25.5 Å². The molecule has 1 aromatic rings. The molecule has 2 nitrogen and oxygen atoms in total. The molecule has 0 heterocycles. The normalized spacial score (nSPS) is 28.8. The fourth-order valence-corrected chi connectivity index (χ4v) is 4.48. The van der Waals surface area contributed by atoms with Crippen LogP contribution in [0.15, 0.2) is 24.3 Å². The lowest BCUT2D eigenvalue weighted by Crippen LogP contribution is -2.32. The largest absolute Gasteiger partial charge is 0.494 e. The zero-order chi connectivity index (χ0) is 14.7. The molecule has 4 unspecified atom stereocenters. The van der Waals surface area contributed by atoms with E-state index in [0.29, 0.717) is 6.04 Å². The van der Waals surface area contributed by atoms with Crippen LogP contribution >= 0.6 is 0 Å². The Morgan fingerprint density at radius 3 is 2.81 bits per heavy atom. The first kappa shape index (κ1) is 14.9. The van der Waals surface area contributed by atoms with Crippen molar-refractivity contribution in [2.45, 2.75) is 52.0 Å². The van der Waals surface area contributed by atoms with Gasteiger partial charge in [-0.15, -0.1) is 0 Å². The monoisotopic (exact) mass is 287 g/mol. The van der Waals surface area contributed by atoms with Gasteiger partial charge in [-0.25, -0.2) is 0 Å². The van der Waals surface area contributed by atoms with E-state index in [4.69, 9.17) is 4.74 Å². The van der Waals surface area contributed by atoms with Crippen LogP contribution in [0.2, 0.25) is 0 Å². The van der Waals surface area contributed by atoms with Gasteiger partial charge in [-0.05, 0) is 74.6 Å². The maximum absolute atomic E-state index is 5.70. The summed E-state index contributed by atoms with van der Waals surface area (Å²) in [6.07, 6.45) is 7.01. The number of nitrogens with one attached hydrogen (secondary N) is 1. The van der Waals surface area contributed by atoms with E-state index in [1.54, 1.807) is 0 Å². The molecule has 0 aromatic heterocycles. The first-order chi connectivity index (χ1) is 10.3. The summed E-state index contributed by atoms with van der Waals surface area (Å²) in [5.41, 5.74) is 1.42. The van der Waals surface area contributed by atoms with E-state index in [-0.39, 0.29) is 0 Å². The Morgan fingerprint density at radius 1 is 1.24 bits per heavy atom. The summed E-state index contributed by atoms with van der Waals surface area (Å²) in [4.78, 5) is 0. The maximum atomic E-state index is 5.70. The fraction of sp³-hybridized carbons (Fsp3) is 0.684. The Bertz CT molecular complexity index is 459. The summed E-state index contributed by atoms with van der Waals surface area (Å²) in [6.45, 7) is 6.15. The Morgan fingerprint density at radius 2 is 2.14 bits per heavy atom. The number of rotatable bonds is 7. The molecule has 0 aliphatic heterocycles. The fourth-order valence-electron chi connectivity index (χ4n) is 4.48. The minimum Gasteiger partial charge on any atom is -0.494 e. The molecule has 2 saturated carbocycles. The molecule has 3 rings (SSSR count). The lowest BCUT2D eigenvalue weighted by molar-refractivity contribution is 0.250. The highest BCUT2D eigenvalue weighted by Crippen LogP contribution is 2.52. The average Bonchev–Trinajstić information content (AvgIpc) is 3.11. The second-order valence-electron chi connectivity index (χ2n) is 6.78. The molecule has 0 spiro atoms. The molecule has 0 amide bonds. The Kier molecular flexibility index (Phi) is 4.84. The number of fused-ring (bicyclic) bond motifs is 2. The van der Waals surface area contributed by atoms with Gasteiger partial charge in [0.05, 0.1) is 6.61 Å². The first-order valence-electron chi connectivity index (χ1n) is 8.78. The highest BCUT2D eigenvalue weighted by Gasteiger charge is 2.43. The predicted octanol–water partition coefficient (Wildman–Crippen LogP) is 4.56. The van der Waals surface area contributed by atoms with Crippen molar-refractivity contribution in [1.82, 2.24) is 5.32 Å². The van der Waals surface area contributed by atoms with Gasteiger partial charge in [0.2, 0.25) is 0 Å². The topological polar surface area (TPSA) is 21.3 Å². The SMILES string of the molecule is CCCNC(c1cccc(OCC)c1)C1CC2CCC1C2. The van der Waals surface area contributed by atoms with Crippen LogP contribution in [-0.4, -0.2) is 13.2 Å². The lowest BCUT2D eigenvalue weighted by atomic mass is 9.80. The molecule has 2 fully saturated rings. The summed E-state index contributed by atoms with van der Waals surface area (Å²) in [7, 11) is 0. The second-order valence-corrected chi connectivity index (χ2v) is 6.78. The van der Waals surface area contributed by atoms with Crippen LogP contribution in [0, 0.1) is 17.8 Å². The molecule has 2 heteroatoms. The summed E-state index contributed by atoms with van der Waals surface area (Å²) in [6, 6.07) is 9.27. The molecule has 0 saturated heterocycles.